The van der Waals surface area contributed by atoms with Crippen LogP contribution in [0.2, 0.25) is 0 Å². The van der Waals surface area contributed by atoms with Crippen molar-refractivity contribution in [1.82, 2.24) is 4.90 Å². The number of piperidine rings is 1. The molecule has 0 aromatic heterocycles. The molecule has 35 heavy (non-hydrogen) atoms. The van der Waals surface area contributed by atoms with Gasteiger partial charge in [0.1, 0.15) is 5.75 Å². The molecule has 2 atom stereocenters. The second-order valence-corrected chi connectivity index (χ2v) is 11.1. The smallest absolute Gasteiger partial charge is 0.418 e. The minimum absolute atomic E-state index is 0.144. The molecule has 2 unspecified atom stereocenters. The van der Waals surface area contributed by atoms with Gasteiger partial charge in [-0.2, -0.15) is 0 Å². The lowest BCUT2D eigenvalue weighted by atomic mass is 9.62. The number of hydrogen-bond acceptors (Lipinski definition) is 5. The number of carbonyl (C=O) groups excluding carboxylic acids is 1. The van der Waals surface area contributed by atoms with Crippen LogP contribution in [0.3, 0.4) is 0 Å². The number of carbonyl (C=O) groups is 3. The molecule has 1 spiro atoms. The minimum atomic E-state index is -1.53. The zero-order valence-corrected chi connectivity index (χ0v) is 21.2. The predicted octanol–water partition coefficient (Wildman–Crippen LogP) is 5.01. The first kappa shape index (κ1) is 26.2. The molecule has 190 valence electrons. The molecule has 0 radical (unpaired) electrons. The Labute approximate surface area is 204 Å². The van der Waals surface area contributed by atoms with E-state index >= 15 is 0 Å². The zero-order chi connectivity index (χ0) is 26.5. The summed E-state index contributed by atoms with van der Waals surface area (Å²) in [5, 5.41) is 23.8. The van der Waals surface area contributed by atoms with Crippen LogP contribution in [0, 0.1) is 0 Å². The first-order chi connectivity index (χ1) is 16.1. The first-order valence-electron chi connectivity index (χ1n) is 11.5. The third kappa shape index (κ3) is 3.93. The molecule has 0 bridgehead atoms. The molecule has 11 heteroatoms. The van der Waals surface area contributed by atoms with Crippen molar-refractivity contribution in [3.05, 3.63) is 33.2 Å². The molecule has 1 aromatic carbocycles. The van der Waals surface area contributed by atoms with Crippen molar-refractivity contribution in [2.75, 3.05) is 25.1 Å². The standard InChI is InChI=1S/C24H33N5O6/c1-22(2,3)17-14(35-7)11-13-16(18(17)23(4,5)6)24(19(30)29(13)21(33)34)9-8-10-28(20(31)32)15(24)12-26-27-25/h11,15H,8-10,12H2,1-7H3,(H,31,32)(H,33,34). The normalized spacial score (nSPS) is 22.1. The number of benzene rings is 1. The van der Waals surface area contributed by atoms with Gasteiger partial charge in [-0.15, -0.1) is 0 Å². The molecule has 1 aromatic rings. The van der Waals surface area contributed by atoms with Gasteiger partial charge >= 0.3 is 12.2 Å². The number of anilines is 1. The maximum absolute atomic E-state index is 14.1. The van der Waals surface area contributed by atoms with Gasteiger partial charge in [0, 0.05) is 29.6 Å². The molecular weight excluding hydrogens is 454 g/mol. The highest BCUT2D eigenvalue weighted by Crippen LogP contribution is 2.57. The third-order valence-electron chi connectivity index (χ3n) is 6.93. The van der Waals surface area contributed by atoms with Gasteiger partial charge < -0.3 is 19.8 Å². The molecular formula is C24H33N5O6. The van der Waals surface area contributed by atoms with Gasteiger partial charge in [-0.1, -0.05) is 46.7 Å². The fourth-order valence-corrected chi connectivity index (χ4v) is 5.79. The number of nitrogens with zero attached hydrogens (tertiary/aromatic N) is 5. The topological polar surface area (TPSA) is 156 Å². The summed E-state index contributed by atoms with van der Waals surface area (Å²) in [5.74, 6) is -0.280. The van der Waals surface area contributed by atoms with Gasteiger partial charge in [-0.05, 0) is 40.3 Å². The number of azide groups is 1. The Morgan fingerprint density at radius 3 is 2.23 bits per heavy atom. The van der Waals surface area contributed by atoms with Crippen molar-refractivity contribution >= 4 is 23.8 Å². The van der Waals surface area contributed by atoms with Crippen molar-refractivity contribution < 1.29 is 29.3 Å². The van der Waals surface area contributed by atoms with Crippen LogP contribution in [-0.2, 0) is 21.0 Å². The highest BCUT2D eigenvalue weighted by Gasteiger charge is 2.62. The van der Waals surface area contributed by atoms with E-state index in [1.54, 1.807) is 6.07 Å². The fraction of sp³-hybridized carbons (Fsp3) is 0.625. The molecule has 3 amide bonds. The molecule has 0 saturated carbocycles. The fourth-order valence-electron chi connectivity index (χ4n) is 5.79. The number of methoxy groups -OCH3 is 1. The van der Waals surface area contributed by atoms with E-state index in [1.165, 1.54) is 7.11 Å². The molecule has 11 nitrogen and oxygen atoms in total. The zero-order valence-electron chi connectivity index (χ0n) is 21.2. The highest BCUT2D eigenvalue weighted by molar-refractivity contribution is 6.22. The maximum Gasteiger partial charge on any atom is 0.418 e. The number of amides is 3. The number of fused-ring (bicyclic) bond motifs is 2. The Morgan fingerprint density at radius 2 is 1.77 bits per heavy atom. The van der Waals surface area contributed by atoms with Gasteiger partial charge in [0.2, 0.25) is 5.91 Å². The van der Waals surface area contributed by atoms with Gasteiger partial charge in [0.25, 0.3) is 0 Å². The Hall–Kier alpha value is -3.46. The van der Waals surface area contributed by atoms with Gasteiger partial charge in [-0.3, -0.25) is 4.79 Å². The van der Waals surface area contributed by atoms with E-state index in [0.29, 0.717) is 22.6 Å². The maximum atomic E-state index is 14.1. The lowest BCUT2D eigenvalue weighted by Gasteiger charge is -2.47. The molecule has 1 fully saturated rings. The number of hydrogen-bond donors (Lipinski definition) is 2. The van der Waals surface area contributed by atoms with E-state index in [4.69, 9.17) is 10.3 Å². The molecule has 1 saturated heterocycles. The number of likely N-dealkylation sites (tertiary alicyclic amines) is 1. The summed E-state index contributed by atoms with van der Waals surface area (Å²) in [4.78, 5) is 43.4. The molecule has 0 aliphatic carbocycles. The number of carboxylic acid groups (broad SMARTS) is 2. The number of rotatable bonds is 3. The molecule has 2 N–H and O–H groups in total. The molecule has 3 rings (SSSR count). The van der Waals surface area contributed by atoms with E-state index in [-0.39, 0.29) is 25.2 Å². The number of imide groups is 1. The largest absolute Gasteiger partial charge is 0.496 e. The van der Waals surface area contributed by atoms with Gasteiger partial charge in [0.15, 0.2) is 0 Å². The lowest BCUT2D eigenvalue weighted by Crippen LogP contribution is -2.62. The average molecular weight is 488 g/mol. The molecule has 2 heterocycles. The molecule has 2 aliphatic heterocycles. The summed E-state index contributed by atoms with van der Waals surface area (Å²) in [6.45, 7) is 11.8. The summed E-state index contributed by atoms with van der Waals surface area (Å²) in [7, 11) is 1.50. The van der Waals surface area contributed by atoms with Crippen molar-refractivity contribution in [2.24, 2.45) is 5.11 Å². The average Bonchev–Trinajstić information content (AvgIpc) is 2.98. The van der Waals surface area contributed by atoms with Crippen molar-refractivity contribution in [2.45, 2.75) is 76.7 Å². The van der Waals surface area contributed by atoms with Crippen LogP contribution < -0.4 is 9.64 Å². The Kier molecular flexibility index (Phi) is 6.45. The second kappa shape index (κ2) is 8.64. The Morgan fingerprint density at radius 1 is 1.17 bits per heavy atom. The van der Waals surface area contributed by atoms with E-state index < -0.39 is 40.4 Å². The highest BCUT2D eigenvalue weighted by atomic mass is 16.5. The quantitative estimate of drug-likeness (QED) is 0.347. The number of ether oxygens (including phenoxy) is 1. The monoisotopic (exact) mass is 487 g/mol. The SMILES string of the molecule is COc1cc2c(c(C(C)(C)C)c1C(C)(C)C)C1(CCCN(C(=O)O)C1CN=[N+]=[N-])C(=O)N2C(=O)O. The van der Waals surface area contributed by atoms with Crippen LogP contribution in [-0.4, -0.2) is 59.4 Å². The van der Waals surface area contributed by atoms with Crippen LogP contribution in [0.5, 0.6) is 5.75 Å². The summed E-state index contributed by atoms with van der Waals surface area (Å²) in [5.41, 5.74) is 8.69. The third-order valence-corrected chi connectivity index (χ3v) is 6.93. The Bertz CT molecular complexity index is 1130. The van der Waals surface area contributed by atoms with E-state index in [0.717, 1.165) is 16.0 Å². The van der Waals surface area contributed by atoms with Crippen LogP contribution >= 0.6 is 0 Å². The Balaban J connectivity index is 2.59. The van der Waals surface area contributed by atoms with Gasteiger partial charge in [-0.25, -0.2) is 14.5 Å². The van der Waals surface area contributed by atoms with Crippen LogP contribution in [0.1, 0.15) is 71.1 Å². The van der Waals surface area contributed by atoms with Crippen molar-refractivity contribution in [3.63, 3.8) is 0 Å². The van der Waals surface area contributed by atoms with Crippen LogP contribution in [0.25, 0.3) is 10.4 Å². The summed E-state index contributed by atoms with van der Waals surface area (Å²) in [6, 6.07) is 0.499. The van der Waals surface area contributed by atoms with Crippen LogP contribution in [0.15, 0.2) is 11.2 Å². The van der Waals surface area contributed by atoms with E-state index in [2.05, 4.69) is 10.0 Å². The van der Waals surface area contributed by atoms with E-state index in [1.807, 2.05) is 41.5 Å². The van der Waals surface area contributed by atoms with Gasteiger partial charge in [0.05, 0.1) is 24.3 Å². The summed E-state index contributed by atoms with van der Waals surface area (Å²) < 4.78 is 5.72. The second-order valence-electron chi connectivity index (χ2n) is 11.1. The first-order valence-corrected chi connectivity index (χ1v) is 11.5. The lowest BCUT2D eigenvalue weighted by molar-refractivity contribution is -0.126. The predicted molar refractivity (Wildman–Crippen MR) is 129 cm³/mol. The summed E-state index contributed by atoms with van der Waals surface area (Å²) >= 11 is 0. The minimum Gasteiger partial charge on any atom is -0.496 e. The van der Waals surface area contributed by atoms with Crippen molar-refractivity contribution in [1.29, 1.82) is 0 Å². The van der Waals surface area contributed by atoms with E-state index in [9.17, 15) is 24.6 Å². The van der Waals surface area contributed by atoms with Crippen LogP contribution in [0.4, 0.5) is 15.3 Å². The summed E-state index contributed by atoms with van der Waals surface area (Å²) in [6.07, 6.45) is -2.16. The molecule has 2 aliphatic rings. The van der Waals surface area contributed by atoms with Crippen molar-refractivity contribution in [3.8, 4) is 5.75 Å².